The molecular weight excluding hydrogens is 218 g/mol. The van der Waals surface area contributed by atoms with Gasteiger partial charge in [0.25, 0.3) is 0 Å². The number of anilines is 1. The highest BCUT2D eigenvalue weighted by Crippen LogP contribution is 2.13. The number of likely N-dealkylation sites (N-methyl/N-ethyl adjacent to an activating group) is 2. The van der Waals surface area contributed by atoms with E-state index in [1.807, 2.05) is 18.7 Å². The lowest BCUT2D eigenvalue weighted by Crippen LogP contribution is -2.38. The van der Waals surface area contributed by atoms with Crippen molar-refractivity contribution in [2.24, 2.45) is 5.73 Å². The van der Waals surface area contributed by atoms with Crippen LogP contribution in [-0.2, 0) is 11.3 Å². The van der Waals surface area contributed by atoms with Crippen LogP contribution in [0.15, 0.2) is 12.4 Å². The molecule has 0 aliphatic rings. The number of carbonyl (C=O) groups excluding carboxylic acids is 1. The van der Waals surface area contributed by atoms with E-state index in [0.29, 0.717) is 31.1 Å². The molecule has 17 heavy (non-hydrogen) atoms. The topological polar surface area (TPSA) is 84.1 Å². The Kier molecular flexibility index (Phi) is 5.35. The Balaban J connectivity index is 2.82. The second kappa shape index (κ2) is 6.80. The van der Waals surface area contributed by atoms with Crippen LogP contribution in [0.2, 0.25) is 0 Å². The first-order valence-electron chi connectivity index (χ1n) is 5.74. The largest absolute Gasteiger partial charge is 0.355 e. The molecule has 0 saturated carbocycles. The van der Waals surface area contributed by atoms with Gasteiger partial charge in [0.05, 0.1) is 12.2 Å². The van der Waals surface area contributed by atoms with E-state index in [1.165, 1.54) is 0 Å². The summed E-state index contributed by atoms with van der Waals surface area (Å²) in [4.78, 5) is 21.8. The first-order valence-corrected chi connectivity index (χ1v) is 5.74. The van der Waals surface area contributed by atoms with Crippen LogP contribution in [0.1, 0.15) is 19.5 Å². The lowest BCUT2D eigenvalue weighted by atomic mass is 10.3. The number of carbonyl (C=O) groups is 1. The van der Waals surface area contributed by atoms with Crippen molar-refractivity contribution in [2.75, 3.05) is 24.5 Å². The predicted molar refractivity (Wildman–Crippen MR) is 66.5 cm³/mol. The lowest BCUT2D eigenvalue weighted by Gasteiger charge is -2.22. The number of rotatable bonds is 6. The van der Waals surface area contributed by atoms with Crippen molar-refractivity contribution in [1.82, 2.24) is 15.3 Å². The molecule has 0 atom stereocenters. The zero-order chi connectivity index (χ0) is 12.7. The summed E-state index contributed by atoms with van der Waals surface area (Å²) in [6.45, 7) is 5.75. The van der Waals surface area contributed by atoms with Gasteiger partial charge in [0.15, 0.2) is 5.82 Å². The average Bonchev–Trinajstić information content (AvgIpc) is 2.36. The maximum absolute atomic E-state index is 11.6. The molecule has 6 nitrogen and oxygen atoms in total. The Hall–Kier alpha value is -1.69. The van der Waals surface area contributed by atoms with Crippen molar-refractivity contribution in [3.8, 4) is 0 Å². The molecule has 0 fully saturated rings. The van der Waals surface area contributed by atoms with Crippen LogP contribution in [0, 0.1) is 0 Å². The molecule has 0 spiro atoms. The Morgan fingerprint density at radius 1 is 1.41 bits per heavy atom. The maximum atomic E-state index is 11.6. The third-order valence-corrected chi connectivity index (χ3v) is 2.33. The molecule has 0 aromatic carbocycles. The van der Waals surface area contributed by atoms with E-state index in [1.54, 1.807) is 12.4 Å². The van der Waals surface area contributed by atoms with Crippen LogP contribution < -0.4 is 16.0 Å². The molecule has 0 radical (unpaired) electrons. The molecule has 1 aromatic heterocycles. The van der Waals surface area contributed by atoms with Crippen LogP contribution in [0.5, 0.6) is 0 Å². The number of hydrogen-bond donors (Lipinski definition) is 2. The van der Waals surface area contributed by atoms with Crippen molar-refractivity contribution in [3.63, 3.8) is 0 Å². The number of nitrogens with zero attached hydrogens (tertiary/aromatic N) is 3. The molecule has 3 N–H and O–H groups in total. The Labute approximate surface area is 101 Å². The lowest BCUT2D eigenvalue weighted by molar-refractivity contribution is -0.119. The highest BCUT2D eigenvalue weighted by Gasteiger charge is 2.14. The Morgan fingerprint density at radius 2 is 2.12 bits per heavy atom. The molecule has 0 bridgehead atoms. The number of hydrogen-bond acceptors (Lipinski definition) is 5. The van der Waals surface area contributed by atoms with Crippen LogP contribution >= 0.6 is 0 Å². The second-order valence-corrected chi connectivity index (χ2v) is 3.50. The quantitative estimate of drug-likeness (QED) is 0.721. The monoisotopic (exact) mass is 237 g/mol. The second-order valence-electron chi connectivity index (χ2n) is 3.50. The molecule has 0 saturated heterocycles. The molecule has 1 heterocycles. The van der Waals surface area contributed by atoms with Crippen LogP contribution in [-0.4, -0.2) is 35.5 Å². The number of amides is 1. The summed E-state index contributed by atoms with van der Waals surface area (Å²) in [6.07, 6.45) is 3.21. The van der Waals surface area contributed by atoms with E-state index in [4.69, 9.17) is 5.73 Å². The van der Waals surface area contributed by atoms with Gasteiger partial charge < -0.3 is 16.0 Å². The van der Waals surface area contributed by atoms with E-state index >= 15 is 0 Å². The van der Waals surface area contributed by atoms with E-state index in [2.05, 4.69) is 15.3 Å². The van der Waals surface area contributed by atoms with Crippen LogP contribution in [0.3, 0.4) is 0 Å². The highest BCUT2D eigenvalue weighted by molar-refractivity contribution is 5.81. The molecule has 1 amide bonds. The fourth-order valence-corrected chi connectivity index (χ4v) is 1.53. The van der Waals surface area contributed by atoms with Gasteiger partial charge >= 0.3 is 0 Å². The molecule has 1 aromatic rings. The van der Waals surface area contributed by atoms with Crippen molar-refractivity contribution in [2.45, 2.75) is 20.4 Å². The van der Waals surface area contributed by atoms with Crippen molar-refractivity contribution < 1.29 is 4.79 Å². The van der Waals surface area contributed by atoms with Gasteiger partial charge in [-0.2, -0.15) is 0 Å². The molecule has 6 heteroatoms. The zero-order valence-corrected chi connectivity index (χ0v) is 10.3. The summed E-state index contributed by atoms with van der Waals surface area (Å²) in [5.41, 5.74) is 6.31. The SMILES string of the molecule is CCNC(=O)CN(CC)c1nccnc1CN. The Bertz CT molecular complexity index is 369. The van der Waals surface area contributed by atoms with Crippen molar-refractivity contribution in [1.29, 1.82) is 0 Å². The zero-order valence-electron chi connectivity index (χ0n) is 10.3. The first kappa shape index (κ1) is 13.4. The average molecular weight is 237 g/mol. The number of aromatic nitrogens is 2. The van der Waals surface area contributed by atoms with Gasteiger partial charge in [-0.3, -0.25) is 9.78 Å². The summed E-state index contributed by atoms with van der Waals surface area (Å²) in [5.74, 6) is 0.659. The minimum absolute atomic E-state index is 0.0250. The van der Waals surface area contributed by atoms with Gasteiger partial charge in [0, 0.05) is 32.0 Å². The van der Waals surface area contributed by atoms with Gasteiger partial charge in [0.1, 0.15) is 0 Å². The standard InChI is InChI=1S/C11H19N5O/c1-3-13-10(17)8-16(4-2)11-9(7-12)14-5-6-15-11/h5-6H,3-4,7-8,12H2,1-2H3,(H,13,17). The fraction of sp³-hybridized carbons (Fsp3) is 0.545. The van der Waals surface area contributed by atoms with Gasteiger partial charge in [-0.1, -0.05) is 0 Å². The molecule has 0 aliphatic carbocycles. The normalized spacial score (nSPS) is 10.1. The number of nitrogens with two attached hydrogens (primary N) is 1. The van der Waals surface area contributed by atoms with Gasteiger partial charge in [-0.15, -0.1) is 0 Å². The smallest absolute Gasteiger partial charge is 0.239 e. The third kappa shape index (κ3) is 3.67. The van der Waals surface area contributed by atoms with Crippen molar-refractivity contribution >= 4 is 11.7 Å². The first-order chi connectivity index (χ1) is 8.22. The maximum Gasteiger partial charge on any atom is 0.239 e. The van der Waals surface area contributed by atoms with Gasteiger partial charge in [-0.25, -0.2) is 4.98 Å². The fourth-order valence-electron chi connectivity index (χ4n) is 1.53. The summed E-state index contributed by atoms with van der Waals surface area (Å²) in [6, 6.07) is 0. The van der Waals surface area contributed by atoms with E-state index in [0.717, 1.165) is 0 Å². The van der Waals surface area contributed by atoms with Crippen LogP contribution in [0.25, 0.3) is 0 Å². The molecule has 1 rings (SSSR count). The summed E-state index contributed by atoms with van der Waals surface area (Å²) >= 11 is 0. The molecule has 94 valence electrons. The summed E-state index contributed by atoms with van der Waals surface area (Å²) < 4.78 is 0. The number of nitrogens with one attached hydrogen (secondary N) is 1. The minimum atomic E-state index is -0.0250. The van der Waals surface area contributed by atoms with Crippen LogP contribution in [0.4, 0.5) is 5.82 Å². The van der Waals surface area contributed by atoms with Crippen molar-refractivity contribution in [3.05, 3.63) is 18.1 Å². The minimum Gasteiger partial charge on any atom is -0.355 e. The Morgan fingerprint density at radius 3 is 2.71 bits per heavy atom. The molecular formula is C11H19N5O. The summed E-state index contributed by atoms with van der Waals surface area (Å²) in [7, 11) is 0. The van der Waals surface area contributed by atoms with E-state index < -0.39 is 0 Å². The highest BCUT2D eigenvalue weighted by atomic mass is 16.2. The van der Waals surface area contributed by atoms with E-state index in [9.17, 15) is 4.79 Å². The van der Waals surface area contributed by atoms with E-state index in [-0.39, 0.29) is 12.5 Å². The third-order valence-electron chi connectivity index (χ3n) is 2.33. The molecule has 0 unspecified atom stereocenters. The molecule has 0 aliphatic heterocycles. The van der Waals surface area contributed by atoms with Gasteiger partial charge in [0.2, 0.25) is 5.91 Å². The summed E-state index contributed by atoms with van der Waals surface area (Å²) in [5, 5.41) is 2.76. The van der Waals surface area contributed by atoms with Gasteiger partial charge in [-0.05, 0) is 13.8 Å². The predicted octanol–water partition coefficient (Wildman–Crippen LogP) is -0.102.